The van der Waals surface area contributed by atoms with Gasteiger partial charge in [0.2, 0.25) is 0 Å². The molecular formula is C21H32N2O3. The van der Waals surface area contributed by atoms with Gasteiger partial charge in [0.25, 0.3) is 5.91 Å². The van der Waals surface area contributed by atoms with Crippen LogP contribution in [0.5, 0.6) is 0 Å². The molecular weight excluding hydrogens is 328 g/mol. The minimum absolute atomic E-state index is 0.0583. The Morgan fingerprint density at radius 3 is 2.42 bits per heavy atom. The normalized spacial score (nSPS) is 30.3. The van der Waals surface area contributed by atoms with Gasteiger partial charge in [0, 0.05) is 31.7 Å². The van der Waals surface area contributed by atoms with Crippen LogP contribution in [-0.2, 0) is 4.74 Å². The van der Waals surface area contributed by atoms with Crippen LogP contribution in [0.15, 0.2) is 22.8 Å². The molecule has 2 bridgehead atoms. The Hall–Kier alpha value is -1.33. The zero-order chi connectivity index (χ0) is 18.1. The molecule has 0 aromatic carbocycles. The van der Waals surface area contributed by atoms with Crippen LogP contribution < -0.4 is 0 Å². The molecule has 0 saturated carbocycles. The van der Waals surface area contributed by atoms with Gasteiger partial charge in [-0.1, -0.05) is 13.8 Å². The fourth-order valence-corrected chi connectivity index (χ4v) is 5.11. The first-order chi connectivity index (χ1) is 12.6. The summed E-state index contributed by atoms with van der Waals surface area (Å²) in [5.74, 6) is 1.26. The van der Waals surface area contributed by atoms with E-state index in [2.05, 4.69) is 23.6 Å². The molecule has 0 aliphatic carbocycles. The second kappa shape index (κ2) is 7.73. The van der Waals surface area contributed by atoms with Gasteiger partial charge in [0.15, 0.2) is 5.76 Å². The maximum absolute atomic E-state index is 12.7. The van der Waals surface area contributed by atoms with Gasteiger partial charge >= 0.3 is 0 Å². The minimum atomic E-state index is 0.0583. The van der Waals surface area contributed by atoms with E-state index in [-0.39, 0.29) is 5.91 Å². The molecule has 3 atom stereocenters. The minimum Gasteiger partial charge on any atom is -0.459 e. The number of furan rings is 1. The molecule has 0 N–H and O–H groups in total. The molecule has 3 saturated heterocycles. The summed E-state index contributed by atoms with van der Waals surface area (Å²) in [5, 5.41) is 0. The average Bonchev–Trinajstić information content (AvgIpc) is 3.23. The fraction of sp³-hybridized carbons (Fsp3) is 0.762. The van der Waals surface area contributed by atoms with E-state index < -0.39 is 0 Å². The number of piperidine rings is 2. The molecule has 1 aromatic rings. The summed E-state index contributed by atoms with van der Waals surface area (Å²) in [6, 6.07) is 4.20. The summed E-state index contributed by atoms with van der Waals surface area (Å²) in [6.07, 6.45) is 8.75. The smallest absolute Gasteiger partial charge is 0.290 e. The van der Waals surface area contributed by atoms with Crippen molar-refractivity contribution in [1.29, 1.82) is 0 Å². The predicted molar refractivity (Wildman–Crippen MR) is 100 cm³/mol. The Kier molecular flexibility index (Phi) is 5.37. The topological polar surface area (TPSA) is 45.9 Å². The molecule has 1 amide bonds. The lowest BCUT2D eigenvalue weighted by Crippen LogP contribution is -2.49. The van der Waals surface area contributed by atoms with Crippen LogP contribution >= 0.6 is 0 Å². The van der Waals surface area contributed by atoms with Gasteiger partial charge < -0.3 is 19.0 Å². The quantitative estimate of drug-likeness (QED) is 0.806. The Bertz CT molecular complexity index is 578. The summed E-state index contributed by atoms with van der Waals surface area (Å²) < 4.78 is 11.8. The molecule has 3 aliphatic rings. The second-order valence-electron chi connectivity index (χ2n) is 8.70. The summed E-state index contributed by atoms with van der Waals surface area (Å²) in [4.78, 5) is 17.4. The highest BCUT2D eigenvalue weighted by Gasteiger charge is 2.45. The van der Waals surface area contributed by atoms with E-state index in [1.807, 2.05) is 0 Å². The van der Waals surface area contributed by atoms with Crippen molar-refractivity contribution in [2.75, 3.05) is 19.6 Å². The van der Waals surface area contributed by atoms with E-state index >= 15 is 0 Å². The number of ether oxygens (including phenoxy) is 1. The summed E-state index contributed by atoms with van der Waals surface area (Å²) in [7, 11) is 0. The van der Waals surface area contributed by atoms with Crippen molar-refractivity contribution in [1.82, 2.24) is 9.80 Å². The van der Waals surface area contributed by atoms with Crippen LogP contribution in [0.2, 0.25) is 0 Å². The first kappa shape index (κ1) is 18.1. The number of amides is 1. The average molecular weight is 360 g/mol. The van der Waals surface area contributed by atoms with Gasteiger partial charge in [0.05, 0.1) is 18.5 Å². The van der Waals surface area contributed by atoms with E-state index in [9.17, 15) is 4.79 Å². The Labute approximate surface area is 156 Å². The van der Waals surface area contributed by atoms with Crippen molar-refractivity contribution in [3.63, 3.8) is 0 Å². The molecule has 1 aromatic heterocycles. The van der Waals surface area contributed by atoms with Crippen molar-refractivity contribution in [3.8, 4) is 0 Å². The number of carbonyl (C=O) groups excluding carboxylic acids is 1. The van der Waals surface area contributed by atoms with Crippen LogP contribution in [0.4, 0.5) is 0 Å². The summed E-state index contributed by atoms with van der Waals surface area (Å²) >= 11 is 0. The number of rotatable bonds is 5. The first-order valence-electron chi connectivity index (χ1n) is 10.3. The van der Waals surface area contributed by atoms with E-state index in [1.54, 1.807) is 18.4 Å². The van der Waals surface area contributed by atoms with E-state index in [4.69, 9.17) is 9.15 Å². The maximum Gasteiger partial charge on any atom is 0.290 e. The predicted octanol–water partition coefficient (Wildman–Crippen LogP) is 3.55. The molecule has 3 fully saturated rings. The SMILES string of the molecule is CC(C)CN1CCC(OC2C[C@H]3CC[C@@H](C2)N3C(=O)c2ccco2)CC1. The van der Waals surface area contributed by atoms with Gasteiger partial charge in [-0.2, -0.15) is 0 Å². The third kappa shape index (κ3) is 3.84. The molecule has 144 valence electrons. The van der Waals surface area contributed by atoms with Gasteiger partial charge in [-0.3, -0.25) is 4.79 Å². The molecule has 3 aliphatic heterocycles. The molecule has 1 unspecified atom stereocenters. The fourth-order valence-electron chi connectivity index (χ4n) is 5.11. The Balaban J connectivity index is 1.29. The number of hydrogen-bond acceptors (Lipinski definition) is 4. The Morgan fingerprint density at radius 2 is 1.85 bits per heavy atom. The van der Waals surface area contributed by atoms with Gasteiger partial charge in [-0.15, -0.1) is 0 Å². The zero-order valence-electron chi connectivity index (χ0n) is 16.1. The van der Waals surface area contributed by atoms with Gasteiger partial charge in [-0.25, -0.2) is 0 Å². The van der Waals surface area contributed by atoms with Crippen molar-refractivity contribution in [2.45, 2.75) is 76.7 Å². The zero-order valence-corrected chi connectivity index (χ0v) is 16.1. The number of carbonyl (C=O) groups is 1. The van der Waals surface area contributed by atoms with Crippen molar-refractivity contribution in [2.24, 2.45) is 5.92 Å². The third-order valence-electron chi connectivity index (χ3n) is 6.20. The monoisotopic (exact) mass is 360 g/mol. The largest absolute Gasteiger partial charge is 0.459 e. The highest BCUT2D eigenvalue weighted by Crippen LogP contribution is 2.38. The molecule has 26 heavy (non-hydrogen) atoms. The molecule has 5 nitrogen and oxygen atoms in total. The highest BCUT2D eigenvalue weighted by atomic mass is 16.5. The third-order valence-corrected chi connectivity index (χ3v) is 6.20. The highest BCUT2D eigenvalue weighted by molar-refractivity contribution is 5.92. The molecule has 0 radical (unpaired) electrons. The molecule has 4 heterocycles. The van der Waals surface area contributed by atoms with Crippen molar-refractivity contribution < 1.29 is 13.9 Å². The van der Waals surface area contributed by atoms with Gasteiger partial charge in [-0.05, 0) is 56.6 Å². The molecule has 0 spiro atoms. The van der Waals surface area contributed by atoms with E-state index in [0.717, 1.165) is 57.5 Å². The van der Waals surface area contributed by atoms with Crippen LogP contribution in [0.1, 0.15) is 62.9 Å². The summed E-state index contributed by atoms with van der Waals surface area (Å²) in [6.45, 7) is 8.09. The first-order valence-corrected chi connectivity index (χ1v) is 10.3. The molecule has 5 heteroatoms. The van der Waals surface area contributed by atoms with Crippen LogP contribution in [0.3, 0.4) is 0 Å². The van der Waals surface area contributed by atoms with Gasteiger partial charge in [0.1, 0.15) is 0 Å². The number of nitrogens with zero attached hydrogens (tertiary/aromatic N) is 2. The van der Waals surface area contributed by atoms with Crippen molar-refractivity contribution >= 4 is 5.91 Å². The lowest BCUT2D eigenvalue weighted by Gasteiger charge is -2.41. The number of likely N-dealkylation sites (tertiary alicyclic amines) is 1. The second-order valence-corrected chi connectivity index (χ2v) is 8.70. The van der Waals surface area contributed by atoms with E-state index in [0.29, 0.717) is 30.1 Å². The number of hydrogen-bond donors (Lipinski definition) is 0. The van der Waals surface area contributed by atoms with E-state index in [1.165, 1.54) is 6.54 Å². The maximum atomic E-state index is 12.7. The Morgan fingerprint density at radius 1 is 1.15 bits per heavy atom. The number of fused-ring (bicyclic) bond motifs is 2. The summed E-state index contributed by atoms with van der Waals surface area (Å²) in [5.41, 5.74) is 0. The molecule has 4 rings (SSSR count). The van der Waals surface area contributed by atoms with Crippen LogP contribution in [-0.4, -0.2) is 59.6 Å². The lowest BCUT2D eigenvalue weighted by molar-refractivity contribution is -0.0751. The standard InChI is InChI=1S/C21H32N2O3/c1-15(2)14-22-9-7-18(8-10-22)26-19-12-16-5-6-17(13-19)23(16)21(24)20-4-3-11-25-20/h3-4,11,15-19H,5-10,12-14H2,1-2H3/t16-,17+,19?. The van der Waals surface area contributed by atoms with Crippen LogP contribution in [0.25, 0.3) is 0 Å². The van der Waals surface area contributed by atoms with Crippen LogP contribution in [0, 0.1) is 5.92 Å². The lowest BCUT2D eigenvalue weighted by atomic mass is 9.98. The van der Waals surface area contributed by atoms with Crippen molar-refractivity contribution in [3.05, 3.63) is 24.2 Å².